The van der Waals surface area contributed by atoms with Crippen LogP contribution in [0.4, 0.5) is 13.2 Å². The van der Waals surface area contributed by atoms with Gasteiger partial charge in [0.2, 0.25) is 0 Å². The second-order valence-electron chi connectivity index (χ2n) is 3.67. The molecule has 1 heterocycles. The van der Waals surface area contributed by atoms with Gasteiger partial charge in [-0.25, -0.2) is 4.98 Å². The summed E-state index contributed by atoms with van der Waals surface area (Å²) in [6.07, 6.45) is -1.47. The molecule has 1 aliphatic rings. The Balaban J connectivity index is 2.23. The van der Waals surface area contributed by atoms with Crippen LogP contribution >= 0.6 is 0 Å². The molecule has 3 nitrogen and oxygen atoms in total. The molecule has 0 N–H and O–H groups in total. The van der Waals surface area contributed by atoms with Crippen LogP contribution in [0.15, 0.2) is 17.2 Å². The standard InChI is InChI=1S/C9H9F3N2O/c10-9(11,12)4-14-5-13-7(3-8(14)15)6-1-2-6/h3,5-6H,1-2,4H2. The van der Waals surface area contributed by atoms with Crippen LogP contribution in [0, 0.1) is 0 Å². The predicted octanol–water partition coefficient (Wildman–Crippen LogP) is 1.68. The van der Waals surface area contributed by atoms with Gasteiger partial charge in [0.1, 0.15) is 6.54 Å². The summed E-state index contributed by atoms with van der Waals surface area (Å²) >= 11 is 0. The van der Waals surface area contributed by atoms with Crippen LogP contribution < -0.4 is 5.56 Å². The molecule has 0 atom stereocenters. The minimum atomic E-state index is -4.38. The fourth-order valence-electron chi connectivity index (χ4n) is 1.35. The fourth-order valence-corrected chi connectivity index (χ4v) is 1.35. The number of hydrogen-bond donors (Lipinski definition) is 0. The highest BCUT2D eigenvalue weighted by molar-refractivity contribution is 5.12. The Morgan fingerprint density at radius 1 is 1.47 bits per heavy atom. The van der Waals surface area contributed by atoms with Crippen molar-refractivity contribution in [3.05, 3.63) is 28.4 Å². The monoisotopic (exact) mass is 218 g/mol. The topological polar surface area (TPSA) is 34.9 Å². The lowest BCUT2D eigenvalue weighted by Gasteiger charge is -2.08. The van der Waals surface area contributed by atoms with Gasteiger partial charge in [-0.1, -0.05) is 0 Å². The van der Waals surface area contributed by atoms with Gasteiger partial charge in [0, 0.05) is 12.0 Å². The second-order valence-corrected chi connectivity index (χ2v) is 3.67. The number of alkyl halides is 3. The summed E-state index contributed by atoms with van der Waals surface area (Å²) in [5.41, 5.74) is -0.0253. The van der Waals surface area contributed by atoms with Gasteiger partial charge in [-0.05, 0) is 12.8 Å². The van der Waals surface area contributed by atoms with E-state index in [0.29, 0.717) is 10.3 Å². The van der Waals surface area contributed by atoms with Crippen molar-refractivity contribution >= 4 is 0 Å². The van der Waals surface area contributed by atoms with Crippen LogP contribution in [-0.2, 0) is 6.54 Å². The van der Waals surface area contributed by atoms with Crippen LogP contribution in [0.25, 0.3) is 0 Å². The zero-order valence-electron chi connectivity index (χ0n) is 7.79. The van der Waals surface area contributed by atoms with Crippen molar-refractivity contribution < 1.29 is 13.2 Å². The van der Waals surface area contributed by atoms with E-state index < -0.39 is 18.3 Å². The lowest BCUT2D eigenvalue weighted by Crippen LogP contribution is -2.28. The number of hydrogen-bond acceptors (Lipinski definition) is 2. The number of halogens is 3. The third-order valence-electron chi connectivity index (χ3n) is 2.25. The van der Waals surface area contributed by atoms with Gasteiger partial charge in [0.05, 0.1) is 12.0 Å². The molecule has 1 aromatic rings. The highest BCUT2D eigenvalue weighted by Crippen LogP contribution is 2.38. The van der Waals surface area contributed by atoms with E-state index >= 15 is 0 Å². The quantitative estimate of drug-likeness (QED) is 0.757. The summed E-state index contributed by atoms with van der Waals surface area (Å²) in [6.45, 7) is -1.27. The summed E-state index contributed by atoms with van der Waals surface area (Å²) < 4.78 is 36.6. The first-order chi connectivity index (χ1) is 6.96. The molecule has 0 saturated heterocycles. The summed E-state index contributed by atoms with van der Waals surface area (Å²) in [5.74, 6) is 0.276. The molecule has 1 aliphatic carbocycles. The average molecular weight is 218 g/mol. The van der Waals surface area contributed by atoms with Gasteiger partial charge in [-0.3, -0.25) is 9.36 Å². The molecule has 82 valence electrons. The summed E-state index contributed by atoms with van der Waals surface area (Å²) in [6, 6.07) is 1.20. The van der Waals surface area contributed by atoms with Crippen molar-refractivity contribution in [2.75, 3.05) is 0 Å². The number of aromatic nitrogens is 2. The highest BCUT2D eigenvalue weighted by Gasteiger charge is 2.29. The molecule has 1 saturated carbocycles. The molecule has 2 rings (SSSR count). The van der Waals surface area contributed by atoms with Gasteiger partial charge in [-0.2, -0.15) is 13.2 Å². The average Bonchev–Trinajstić information content (AvgIpc) is 2.89. The molecule has 0 amide bonds. The minimum absolute atomic E-state index is 0.276. The molecule has 6 heteroatoms. The Bertz CT molecular complexity index is 420. The predicted molar refractivity (Wildman–Crippen MR) is 46.5 cm³/mol. The van der Waals surface area contributed by atoms with Crippen LogP contribution in [-0.4, -0.2) is 15.7 Å². The van der Waals surface area contributed by atoms with Gasteiger partial charge in [-0.15, -0.1) is 0 Å². The Hall–Kier alpha value is -1.33. The van der Waals surface area contributed by atoms with Crippen molar-refractivity contribution in [1.29, 1.82) is 0 Å². The molecular formula is C9H9F3N2O. The Morgan fingerprint density at radius 2 is 2.13 bits per heavy atom. The van der Waals surface area contributed by atoms with Crippen molar-refractivity contribution in [2.45, 2.75) is 31.5 Å². The maximum absolute atomic E-state index is 12.0. The molecule has 0 aromatic carbocycles. The summed E-state index contributed by atoms with van der Waals surface area (Å²) in [7, 11) is 0. The van der Waals surface area contributed by atoms with Gasteiger partial charge in [0.15, 0.2) is 0 Å². The van der Waals surface area contributed by atoms with Gasteiger partial charge < -0.3 is 0 Å². The van der Waals surface area contributed by atoms with E-state index in [1.54, 1.807) is 0 Å². The normalized spacial score (nSPS) is 16.7. The Kier molecular flexibility index (Phi) is 2.28. The van der Waals surface area contributed by atoms with Crippen molar-refractivity contribution in [3.8, 4) is 0 Å². The second kappa shape index (κ2) is 3.36. The fraction of sp³-hybridized carbons (Fsp3) is 0.556. The van der Waals surface area contributed by atoms with E-state index in [0.717, 1.165) is 19.2 Å². The van der Waals surface area contributed by atoms with Crippen molar-refractivity contribution in [2.24, 2.45) is 0 Å². The first kappa shape index (κ1) is 10.2. The third kappa shape index (κ3) is 2.57. The largest absolute Gasteiger partial charge is 0.406 e. The first-order valence-electron chi connectivity index (χ1n) is 4.59. The molecule has 1 aromatic heterocycles. The van der Waals surface area contributed by atoms with Gasteiger partial charge >= 0.3 is 6.18 Å². The zero-order valence-corrected chi connectivity index (χ0v) is 7.79. The smallest absolute Gasteiger partial charge is 0.290 e. The zero-order chi connectivity index (χ0) is 11.1. The Morgan fingerprint density at radius 3 is 2.60 bits per heavy atom. The molecule has 0 radical (unpaired) electrons. The van der Waals surface area contributed by atoms with Crippen LogP contribution in [0.5, 0.6) is 0 Å². The molecule has 15 heavy (non-hydrogen) atoms. The number of nitrogens with zero attached hydrogens (tertiary/aromatic N) is 2. The third-order valence-corrected chi connectivity index (χ3v) is 2.25. The lowest BCUT2D eigenvalue weighted by atomic mass is 10.3. The molecule has 0 spiro atoms. The van der Waals surface area contributed by atoms with Crippen molar-refractivity contribution in [1.82, 2.24) is 9.55 Å². The van der Waals surface area contributed by atoms with E-state index in [1.165, 1.54) is 6.07 Å². The first-order valence-corrected chi connectivity index (χ1v) is 4.59. The summed E-state index contributed by atoms with van der Waals surface area (Å²) in [4.78, 5) is 15.1. The SMILES string of the molecule is O=c1cc(C2CC2)ncn1CC(F)(F)F. The van der Waals surface area contributed by atoms with Crippen LogP contribution in [0.3, 0.4) is 0 Å². The van der Waals surface area contributed by atoms with E-state index in [-0.39, 0.29) is 5.92 Å². The molecular weight excluding hydrogens is 209 g/mol. The lowest BCUT2D eigenvalue weighted by molar-refractivity contribution is -0.141. The Labute approximate surface area is 83.6 Å². The van der Waals surface area contributed by atoms with Crippen LogP contribution in [0.1, 0.15) is 24.5 Å². The van der Waals surface area contributed by atoms with E-state index in [1.807, 2.05) is 0 Å². The number of rotatable bonds is 2. The summed E-state index contributed by atoms with van der Waals surface area (Å²) in [5, 5.41) is 0. The highest BCUT2D eigenvalue weighted by atomic mass is 19.4. The van der Waals surface area contributed by atoms with Gasteiger partial charge in [0.25, 0.3) is 5.56 Å². The molecule has 1 fully saturated rings. The van der Waals surface area contributed by atoms with Crippen molar-refractivity contribution in [3.63, 3.8) is 0 Å². The van der Waals surface area contributed by atoms with Crippen LogP contribution in [0.2, 0.25) is 0 Å². The van der Waals surface area contributed by atoms with E-state index in [2.05, 4.69) is 4.98 Å². The molecule has 0 unspecified atom stereocenters. The van der Waals surface area contributed by atoms with E-state index in [4.69, 9.17) is 0 Å². The minimum Gasteiger partial charge on any atom is -0.290 e. The maximum Gasteiger partial charge on any atom is 0.406 e. The maximum atomic E-state index is 12.0. The molecule has 0 aliphatic heterocycles. The van der Waals surface area contributed by atoms with E-state index in [9.17, 15) is 18.0 Å². The molecule has 0 bridgehead atoms.